The van der Waals surface area contributed by atoms with Crippen LogP contribution in [0.4, 0.5) is 13.6 Å². The van der Waals surface area contributed by atoms with Crippen molar-refractivity contribution in [1.82, 2.24) is 15.1 Å². The highest BCUT2D eigenvalue weighted by Crippen LogP contribution is 2.30. The third-order valence-electron chi connectivity index (χ3n) is 5.89. The van der Waals surface area contributed by atoms with E-state index in [9.17, 15) is 18.4 Å². The molecule has 0 atom stereocenters. The number of carbonyl (C=O) groups is 2. The van der Waals surface area contributed by atoms with E-state index in [1.54, 1.807) is 17.0 Å². The smallest absolute Gasteiger partial charge is 0.317 e. The van der Waals surface area contributed by atoms with E-state index >= 15 is 0 Å². The lowest BCUT2D eigenvalue weighted by Gasteiger charge is -2.39. The van der Waals surface area contributed by atoms with Gasteiger partial charge >= 0.3 is 12.0 Å². The van der Waals surface area contributed by atoms with Crippen molar-refractivity contribution < 1.29 is 23.5 Å². The Morgan fingerprint density at radius 2 is 1.45 bits per heavy atom. The van der Waals surface area contributed by atoms with Gasteiger partial charge in [0.15, 0.2) is 0 Å². The molecule has 2 amide bonds. The van der Waals surface area contributed by atoms with Gasteiger partial charge < -0.3 is 15.3 Å². The first-order valence-electron chi connectivity index (χ1n) is 11.4. The van der Waals surface area contributed by atoms with E-state index < -0.39 is 5.97 Å². The van der Waals surface area contributed by atoms with E-state index in [2.05, 4.69) is 10.2 Å². The largest absolute Gasteiger partial charge is 0.481 e. The van der Waals surface area contributed by atoms with Crippen LogP contribution in [0.1, 0.15) is 49.3 Å². The second kappa shape index (κ2) is 12.3. The van der Waals surface area contributed by atoms with E-state index in [0.717, 1.165) is 30.4 Å². The van der Waals surface area contributed by atoms with Crippen LogP contribution in [0.5, 0.6) is 0 Å². The summed E-state index contributed by atoms with van der Waals surface area (Å²) in [5.41, 5.74) is 1.50. The number of carboxylic acid groups (broad SMARTS) is 1. The lowest BCUT2D eigenvalue weighted by Crippen LogP contribution is -2.52. The molecular formula is C25H31F2N3O3. The fourth-order valence-electron chi connectivity index (χ4n) is 4.21. The molecule has 0 radical (unpaired) electrons. The van der Waals surface area contributed by atoms with Crippen molar-refractivity contribution in [3.8, 4) is 0 Å². The number of urea groups is 1. The van der Waals surface area contributed by atoms with Gasteiger partial charge in [0.25, 0.3) is 0 Å². The monoisotopic (exact) mass is 459 g/mol. The molecule has 0 unspecified atom stereocenters. The highest BCUT2D eigenvalue weighted by atomic mass is 19.1. The number of nitrogens with zero attached hydrogens (tertiary/aromatic N) is 2. The van der Waals surface area contributed by atoms with Crippen molar-refractivity contribution in [3.05, 3.63) is 71.3 Å². The molecule has 0 aliphatic carbocycles. The zero-order valence-electron chi connectivity index (χ0n) is 18.7. The van der Waals surface area contributed by atoms with Crippen LogP contribution < -0.4 is 5.32 Å². The molecule has 33 heavy (non-hydrogen) atoms. The van der Waals surface area contributed by atoms with Gasteiger partial charge in [-0.3, -0.25) is 9.69 Å². The molecule has 1 aliphatic heterocycles. The Morgan fingerprint density at radius 3 is 2.00 bits per heavy atom. The Labute approximate surface area is 193 Å². The van der Waals surface area contributed by atoms with Crippen LogP contribution in [0.3, 0.4) is 0 Å². The van der Waals surface area contributed by atoms with Gasteiger partial charge in [-0.05, 0) is 48.2 Å². The predicted octanol–water partition coefficient (Wildman–Crippen LogP) is 4.42. The Morgan fingerprint density at radius 1 is 0.879 bits per heavy atom. The zero-order chi connectivity index (χ0) is 23.6. The van der Waals surface area contributed by atoms with Gasteiger partial charge in [0.2, 0.25) is 0 Å². The van der Waals surface area contributed by atoms with Crippen molar-refractivity contribution >= 4 is 12.0 Å². The fourth-order valence-corrected chi connectivity index (χ4v) is 4.21. The number of benzene rings is 2. The minimum Gasteiger partial charge on any atom is -0.481 e. The number of carbonyl (C=O) groups excluding carboxylic acids is 1. The normalized spacial score (nSPS) is 14.5. The van der Waals surface area contributed by atoms with E-state index in [1.807, 2.05) is 12.1 Å². The Bertz CT molecular complexity index is 887. The van der Waals surface area contributed by atoms with E-state index in [4.69, 9.17) is 5.11 Å². The highest BCUT2D eigenvalue weighted by Gasteiger charge is 2.28. The zero-order valence-corrected chi connectivity index (χ0v) is 18.7. The third kappa shape index (κ3) is 7.53. The standard InChI is InChI=1S/C25H31F2N3O3/c26-21-9-5-7-19(17-21)24(20-8-6-10-22(27)18-20)29-13-15-30(16-14-29)25(33)28-12-4-2-1-3-11-23(31)32/h5-10,17-18,24H,1-4,11-16H2,(H,28,33)(H,31,32). The number of piperazine rings is 1. The molecule has 0 spiro atoms. The lowest BCUT2D eigenvalue weighted by molar-refractivity contribution is -0.137. The van der Waals surface area contributed by atoms with Crippen LogP contribution in [0, 0.1) is 11.6 Å². The summed E-state index contributed by atoms with van der Waals surface area (Å²) < 4.78 is 27.9. The average Bonchev–Trinajstić information content (AvgIpc) is 2.79. The summed E-state index contributed by atoms with van der Waals surface area (Å²) in [6.07, 6.45) is 3.37. The molecule has 2 N–H and O–H groups in total. The molecule has 2 aromatic carbocycles. The van der Waals surface area contributed by atoms with Gasteiger partial charge in [-0.1, -0.05) is 37.1 Å². The summed E-state index contributed by atoms with van der Waals surface area (Å²) >= 11 is 0. The van der Waals surface area contributed by atoms with Gasteiger partial charge in [0.05, 0.1) is 6.04 Å². The first-order valence-corrected chi connectivity index (χ1v) is 11.4. The number of hydrogen-bond acceptors (Lipinski definition) is 3. The Hall–Kier alpha value is -3.00. The van der Waals surface area contributed by atoms with Crippen LogP contribution in [0.15, 0.2) is 48.5 Å². The maximum Gasteiger partial charge on any atom is 0.317 e. The summed E-state index contributed by atoms with van der Waals surface area (Å²) in [6.45, 7) is 2.76. The molecular weight excluding hydrogens is 428 g/mol. The molecule has 3 rings (SSSR count). The Kier molecular flexibility index (Phi) is 9.18. The van der Waals surface area contributed by atoms with Gasteiger partial charge in [-0.2, -0.15) is 0 Å². The molecule has 1 heterocycles. The number of aliphatic carboxylic acids is 1. The van der Waals surface area contributed by atoms with Crippen molar-refractivity contribution in [1.29, 1.82) is 0 Å². The molecule has 0 bridgehead atoms. The van der Waals surface area contributed by atoms with Crippen molar-refractivity contribution in [2.45, 2.75) is 38.1 Å². The molecule has 178 valence electrons. The van der Waals surface area contributed by atoms with Gasteiger partial charge in [0.1, 0.15) is 11.6 Å². The lowest BCUT2D eigenvalue weighted by atomic mass is 9.96. The molecule has 0 saturated carbocycles. The SMILES string of the molecule is O=C(O)CCCCCCNC(=O)N1CCN(C(c2cccc(F)c2)c2cccc(F)c2)CC1. The van der Waals surface area contributed by atoms with Crippen LogP contribution in [-0.2, 0) is 4.79 Å². The molecule has 2 aromatic rings. The number of halogens is 2. The van der Waals surface area contributed by atoms with E-state index in [0.29, 0.717) is 39.1 Å². The summed E-state index contributed by atoms with van der Waals surface area (Å²) in [5, 5.41) is 11.6. The van der Waals surface area contributed by atoms with Crippen molar-refractivity contribution in [3.63, 3.8) is 0 Å². The number of carboxylic acids is 1. The first-order chi connectivity index (χ1) is 15.9. The van der Waals surface area contributed by atoms with Crippen molar-refractivity contribution in [2.75, 3.05) is 32.7 Å². The molecule has 0 aromatic heterocycles. The van der Waals surface area contributed by atoms with Gasteiger partial charge in [0, 0.05) is 39.1 Å². The van der Waals surface area contributed by atoms with Crippen LogP contribution >= 0.6 is 0 Å². The Balaban J connectivity index is 1.53. The number of hydrogen-bond donors (Lipinski definition) is 2. The predicted molar refractivity (Wildman–Crippen MR) is 122 cm³/mol. The maximum atomic E-state index is 13.9. The van der Waals surface area contributed by atoms with E-state index in [-0.39, 0.29) is 30.1 Å². The molecule has 1 aliphatic rings. The van der Waals surface area contributed by atoms with E-state index in [1.165, 1.54) is 24.3 Å². The summed E-state index contributed by atoms with van der Waals surface area (Å²) in [5.74, 6) is -1.45. The molecule has 6 nitrogen and oxygen atoms in total. The second-order valence-corrected chi connectivity index (χ2v) is 8.33. The van der Waals surface area contributed by atoms with Crippen molar-refractivity contribution in [2.24, 2.45) is 0 Å². The summed E-state index contributed by atoms with van der Waals surface area (Å²) in [4.78, 5) is 26.9. The third-order valence-corrected chi connectivity index (χ3v) is 5.89. The van der Waals surface area contributed by atoms with Crippen LogP contribution in [0.2, 0.25) is 0 Å². The highest BCUT2D eigenvalue weighted by molar-refractivity contribution is 5.74. The fraction of sp³-hybridized carbons (Fsp3) is 0.440. The van der Waals surface area contributed by atoms with Gasteiger partial charge in [-0.15, -0.1) is 0 Å². The number of unbranched alkanes of at least 4 members (excludes halogenated alkanes) is 3. The van der Waals surface area contributed by atoms with Crippen LogP contribution in [-0.4, -0.2) is 59.6 Å². The number of nitrogens with one attached hydrogen (secondary N) is 1. The average molecular weight is 460 g/mol. The number of amides is 2. The second-order valence-electron chi connectivity index (χ2n) is 8.33. The summed E-state index contributed by atoms with van der Waals surface area (Å²) in [6, 6.07) is 12.3. The first kappa shape index (κ1) is 24.6. The topological polar surface area (TPSA) is 72.9 Å². The molecule has 1 fully saturated rings. The number of rotatable bonds is 10. The van der Waals surface area contributed by atoms with Gasteiger partial charge in [-0.25, -0.2) is 13.6 Å². The minimum absolute atomic E-state index is 0.117. The maximum absolute atomic E-state index is 13.9. The summed E-state index contributed by atoms with van der Waals surface area (Å²) in [7, 11) is 0. The van der Waals surface area contributed by atoms with Crippen LogP contribution in [0.25, 0.3) is 0 Å². The molecule has 8 heteroatoms. The quantitative estimate of drug-likeness (QED) is 0.516. The minimum atomic E-state index is -0.778. The molecule has 1 saturated heterocycles.